The molecule has 0 bridgehead atoms. The molecule has 0 saturated carbocycles. The minimum atomic E-state index is -0.726. The molecule has 6 heteroatoms. The first-order valence-corrected chi connectivity index (χ1v) is 7.59. The number of nitrogens with two attached hydrogens (primary N) is 1. The fraction of sp³-hybridized carbons (Fsp3) is 0.222. The average Bonchev–Trinajstić information content (AvgIpc) is 2.60. The molecule has 6 nitrogen and oxygen atoms in total. The van der Waals surface area contributed by atoms with E-state index >= 15 is 0 Å². The maximum Gasteiger partial charge on any atom is 0.312 e. The number of hydrogen-bond acceptors (Lipinski definition) is 3. The number of urea groups is 1. The number of nitrogens with one attached hydrogen (secondary N) is 2. The third-order valence-electron chi connectivity index (χ3n) is 3.54. The Bertz CT molecular complexity index is 672. The molecule has 0 heterocycles. The van der Waals surface area contributed by atoms with Crippen molar-refractivity contribution in [1.82, 2.24) is 10.6 Å². The summed E-state index contributed by atoms with van der Waals surface area (Å²) < 4.78 is 5.09. The van der Waals surface area contributed by atoms with Gasteiger partial charge in [0.1, 0.15) is 11.8 Å². The summed E-state index contributed by atoms with van der Waals surface area (Å²) in [5.74, 6) is 0.468. The summed E-state index contributed by atoms with van der Waals surface area (Å²) in [7, 11) is 1.60. The number of ether oxygens (including phenoxy) is 1. The molecule has 1 atom stereocenters. The molecule has 2 rings (SSSR count). The lowest BCUT2D eigenvalue weighted by Gasteiger charge is -2.17. The number of amides is 3. The van der Waals surface area contributed by atoms with Crippen LogP contribution in [0.15, 0.2) is 54.6 Å². The Kier molecular flexibility index (Phi) is 6.19. The molecule has 24 heavy (non-hydrogen) atoms. The van der Waals surface area contributed by atoms with E-state index in [1.165, 1.54) is 0 Å². The first kappa shape index (κ1) is 17.3. The quantitative estimate of drug-likeness (QED) is 0.721. The maximum atomic E-state index is 12.4. The second-order valence-electron chi connectivity index (χ2n) is 5.32. The van der Waals surface area contributed by atoms with Gasteiger partial charge in [-0.05, 0) is 23.3 Å². The number of carbonyl (C=O) groups excluding carboxylic acids is 2. The van der Waals surface area contributed by atoms with Gasteiger partial charge in [-0.2, -0.15) is 0 Å². The van der Waals surface area contributed by atoms with Gasteiger partial charge in [0.15, 0.2) is 0 Å². The van der Waals surface area contributed by atoms with Crippen LogP contribution in [0, 0.1) is 0 Å². The molecule has 3 amide bonds. The van der Waals surface area contributed by atoms with Crippen LogP contribution < -0.4 is 21.1 Å². The predicted octanol–water partition coefficient (Wildman–Crippen LogP) is 1.59. The molecule has 0 aromatic heterocycles. The van der Waals surface area contributed by atoms with Crippen LogP contribution in [0.5, 0.6) is 5.75 Å². The lowest BCUT2D eigenvalue weighted by molar-refractivity contribution is -0.123. The first-order valence-electron chi connectivity index (χ1n) is 7.59. The smallest absolute Gasteiger partial charge is 0.312 e. The van der Waals surface area contributed by atoms with Gasteiger partial charge in [0.2, 0.25) is 5.91 Å². The molecule has 126 valence electrons. The van der Waals surface area contributed by atoms with E-state index in [9.17, 15) is 9.59 Å². The lowest BCUT2D eigenvalue weighted by Crippen LogP contribution is -2.49. The highest BCUT2D eigenvalue weighted by Crippen LogP contribution is 2.11. The summed E-state index contributed by atoms with van der Waals surface area (Å²) in [6, 6.07) is 15.4. The van der Waals surface area contributed by atoms with Crippen molar-refractivity contribution >= 4 is 11.9 Å². The standard InChI is InChI=1S/C18H21N3O3/c1-24-15-9-7-14(8-10-15)12-20-17(22)16(21-18(19)23)11-13-5-3-2-4-6-13/h2-10,16H,11-12H2,1H3,(H,20,22)(H3,19,21,23)/t16-/m0/s1. The molecule has 4 N–H and O–H groups in total. The Hall–Kier alpha value is -3.02. The van der Waals surface area contributed by atoms with E-state index in [1.54, 1.807) is 7.11 Å². The van der Waals surface area contributed by atoms with Gasteiger partial charge in [-0.1, -0.05) is 42.5 Å². The molecule has 0 radical (unpaired) electrons. The van der Waals surface area contributed by atoms with Crippen molar-refractivity contribution in [3.05, 3.63) is 65.7 Å². The van der Waals surface area contributed by atoms with Crippen LogP contribution in [0.1, 0.15) is 11.1 Å². The summed E-state index contributed by atoms with van der Waals surface area (Å²) in [5, 5.41) is 5.30. The summed E-state index contributed by atoms with van der Waals surface area (Å²) >= 11 is 0. The highest BCUT2D eigenvalue weighted by Gasteiger charge is 2.19. The molecule has 0 aliphatic heterocycles. The van der Waals surface area contributed by atoms with E-state index in [4.69, 9.17) is 10.5 Å². The van der Waals surface area contributed by atoms with Crippen molar-refractivity contribution in [3.63, 3.8) is 0 Å². The minimum Gasteiger partial charge on any atom is -0.497 e. The number of primary amides is 1. The normalized spacial score (nSPS) is 11.4. The minimum absolute atomic E-state index is 0.284. The number of carbonyl (C=O) groups is 2. The second-order valence-corrected chi connectivity index (χ2v) is 5.32. The number of hydrogen-bond donors (Lipinski definition) is 3. The molecule has 0 fully saturated rings. The monoisotopic (exact) mass is 327 g/mol. The van der Waals surface area contributed by atoms with E-state index in [0.717, 1.165) is 16.9 Å². The first-order chi connectivity index (χ1) is 11.6. The molecular formula is C18H21N3O3. The van der Waals surface area contributed by atoms with Crippen LogP contribution in [0.25, 0.3) is 0 Å². The van der Waals surface area contributed by atoms with E-state index in [0.29, 0.717) is 13.0 Å². The fourth-order valence-electron chi connectivity index (χ4n) is 2.29. The van der Waals surface area contributed by atoms with Crippen LogP contribution in [-0.2, 0) is 17.8 Å². The predicted molar refractivity (Wildman–Crippen MR) is 91.5 cm³/mol. The molecule has 0 saturated heterocycles. The lowest BCUT2D eigenvalue weighted by atomic mass is 10.1. The second kappa shape index (κ2) is 8.57. The highest BCUT2D eigenvalue weighted by molar-refractivity contribution is 5.86. The topological polar surface area (TPSA) is 93.4 Å². The van der Waals surface area contributed by atoms with Gasteiger partial charge in [0.25, 0.3) is 0 Å². The zero-order valence-corrected chi connectivity index (χ0v) is 13.5. The van der Waals surface area contributed by atoms with E-state index in [2.05, 4.69) is 10.6 Å². The fourth-order valence-corrected chi connectivity index (χ4v) is 2.29. The van der Waals surface area contributed by atoms with Crippen LogP contribution >= 0.6 is 0 Å². The Morgan fingerprint density at radius 3 is 2.29 bits per heavy atom. The van der Waals surface area contributed by atoms with Gasteiger partial charge in [-0.15, -0.1) is 0 Å². The van der Waals surface area contributed by atoms with Crippen molar-refractivity contribution in [1.29, 1.82) is 0 Å². The Balaban J connectivity index is 1.97. The van der Waals surface area contributed by atoms with Gasteiger partial charge >= 0.3 is 6.03 Å². The van der Waals surface area contributed by atoms with Crippen molar-refractivity contribution in [2.75, 3.05) is 7.11 Å². The van der Waals surface area contributed by atoms with Crippen LogP contribution in [-0.4, -0.2) is 25.1 Å². The Morgan fingerprint density at radius 1 is 1.04 bits per heavy atom. The van der Waals surface area contributed by atoms with Crippen molar-refractivity contribution in [2.24, 2.45) is 5.73 Å². The Morgan fingerprint density at radius 2 is 1.71 bits per heavy atom. The van der Waals surface area contributed by atoms with Gasteiger partial charge in [0, 0.05) is 13.0 Å². The van der Waals surface area contributed by atoms with Crippen LogP contribution in [0.2, 0.25) is 0 Å². The van der Waals surface area contributed by atoms with Crippen molar-refractivity contribution < 1.29 is 14.3 Å². The molecule has 0 unspecified atom stereocenters. The SMILES string of the molecule is COc1ccc(CNC(=O)[C@H](Cc2ccccc2)NC(N)=O)cc1. The van der Waals surface area contributed by atoms with Crippen molar-refractivity contribution in [3.8, 4) is 5.75 Å². The molecule has 2 aromatic carbocycles. The molecule has 0 spiro atoms. The highest BCUT2D eigenvalue weighted by atomic mass is 16.5. The molecule has 2 aromatic rings. The summed E-state index contributed by atoms with van der Waals surface area (Å²) in [4.78, 5) is 23.5. The maximum absolute atomic E-state index is 12.4. The summed E-state index contributed by atoms with van der Waals surface area (Å²) in [6.45, 7) is 0.356. The third-order valence-corrected chi connectivity index (χ3v) is 3.54. The Labute approximate surface area is 141 Å². The number of rotatable bonds is 7. The molecule has 0 aliphatic rings. The zero-order chi connectivity index (χ0) is 17.4. The molecular weight excluding hydrogens is 306 g/mol. The zero-order valence-electron chi connectivity index (χ0n) is 13.5. The number of benzene rings is 2. The summed E-state index contributed by atoms with van der Waals surface area (Å²) in [6.07, 6.45) is 0.373. The van der Waals surface area contributed by atoms with Crippen LogP contribution in [0.3, 0.4) is 0 Å². The third kappa shape index (κ3) is 5.31. The van der Waals surface area contributed by atoms with Gasteiger partial charge < -0.3 is 21.1 Å². The van der Waals surface area contributed by atoms with E-state index in [1.807, 2.05) is 54.6 Å². The van der Waals surface area contributed by atoms with E-state index < -0.39 is 12.1 Å². The molecule has 0 aliphatic carbocycles. The largest absolute Gasteiger partial charge is 0.497 e. The van der Waals surface area contributed by atoms with Crippen molar-refractivity contribution in [2.45, 2.75) is 19.0 Å². The van der Waals surface area contributed by atoms with Gasteiger partial charge in [0.05, 0.1) is 7.11 Å². The summed E-state index contributed by atoms with van der Waals surface area (Å²) in [5.41, 5.74) is 7.05. The van der Waals surface area contributed by atoms with Gasteiger partial charge in [-0.25, -0.2) is 4.79 Å². The van der Waals surface area contributed by atoms with E-state index in [-0.39, 0.29) is 5.91 Å². The average molecular weight is 327 g/mol. The number of methoxy groups -OCH3 is 1. The van der Waals surface area contributed by atoms with Crippen LogP contribution in [0.4, 0.5) is 4.79 Å². The van der Waals surface area contributed by atoms with Gasteiger partial charge in [-0.3, -0.25) is 4.79 Å².